The van der Waals surface area contributed by atoms with Crippen LogP contribution in [-0.4, -0.2) is 36.0 Å². The molecular formula is C12H18ClN3OS. The second kappa shape index (κ2) is 6.85. The molecule has 0 aliphatic rings. The fourth-order valence-electron chi connectivity index (χ4n) is 1.52. The van der Waals surface area contributed by atoms with E-state index < -0.39 is 5.91 Å². The van der Waals surface area contributed by atoms with Gasteiger partial charge in [0, 0.05) is 19.3 Å². The molecule has 1 aromatic rings. The van der Waals surface area contributed by atoms with E-state index in [1.807, 2.05) is 23.7 Å². The summed E-state index contributed by atoms with van der Waals surface area (Å²) in [5.74, 6) is 1.24. The highest BCUT2D eigenvalue weighted by atomic mass is 35.5. The normalized spacial score (nSPS) is 12.2. The van der Waals surface area contributed by atoms with E-state index in [1.165, 1.54) is 6.20 Å². The monoisotopic (exact) mass is 287 g/mol. The number of pyridine rings is 1. The predicted molar refractivity (Wildman–Crippen MR) is 78.6 cm³/mol. The van der Waals surface area contributed by atoms with Crippen molar-refractivity contribution in [2.75, 3.05) is 24.0 Å². The first-order valence-electron chi connectivity index (χ1n) is 5.64. The summed E-state index contributed by atoms with van der Waals surface area (Å²) in [7, 11) is 1.95. The highest BCUT2D eigenvalue weighted by molar-refractivity contribution is 7.98. The Morgan fingerprint density at radius 2 is 2.33 bits per heavy atom. The molecule has 1 aromatic heterocycles. The van der Waals surface area contributed by atoms with Gasteiger partial charge in [-0.25, -0.2) is 4.98 Å². The van der Waals surface area contributed by atoms with Gasteiger partial charge in [-0.2, -0.15) is 11.8 Å². The zero-order valence-electron chi connectivity index (χ0n) is 10.8. The Morgan fingerprint density at radius 1 is 1.67 bits per heavy atom. The van der Waals surface area contributed by atoms with Gasteiger partial charge in [-0.3, -0.25) is 4.79 Å². The fourth-order valence-corrected chi connectivity index (χ4v) is 2.39. The van der Waals surface area contributed by atoms with Gasteiger partial charge >= 0.3 is 0 Å². The van der Waals surface area contributed by atoms with Crippen LogP contribution in [0.2, 0.25) is 5.02 Å². The first-order chi connectivity index (χ1) is 8.47. The Kier molecular flexibility index (Phi) is 5.75. The number of nitrogens with two attached hydrogens (primary N) is 1. The largest absolute Gasteiger partial charge is 0.366 e. The summed E-state index contributed by atoms with van der Waals surface area (Å²) < 4.78 is 0. The van der Waals surface area contributed by atoms with Crippen molar-refractivity contribution in [3.8, 4) is 0 Å². The van der Waals surface area contributed by atoms with E-state index in [1.54, 1.807) is 6.07 Å². The van der Waals surface area contributed by atoms with Gasteiger partial charge in [0.15, 0.2) is 0 Å². The SMILES string of the molecule is CSCCC(C)N(C)c1ncc(C(N)=O)cc1Cl. The van der Waals surface area contributed by atoms with Gasteiger partial charge in [0.25, 0.3) is 0 Å². The van der Waals surface area contributed by atoms with Crippen LogP contribution in [0.4, 0.5) is 5.82 Å². The van der Waals surface area contributed by atoms with Gasteiger partial charge in [-0.1, -0.05) is 11.6 Å². The highest BCUT2D eigenvalue weighted by Gasteiger charge is 2.15. The molecule has 1 unspecified atom stereocenters. The summed E-state index contributed by atoms with van der Waals surface area (Å²) in [6, 6.07) is 1.89. The van der Waals surface area contributed by atoms with E-state index in [4.69, 9.17) is 17.3 Å². The number of nitrogens with zero attached hydrogens (tertiary/aromatic N) is 2. The van der Waals surface area contributed by atoms with E-state index in [2.05, 4.69) is 18.2 Å². The molecular weight excluding hydrogens is 270 g/mol. The number of amides is 1. The Bertz CT molecular complexity index is 428. The number of carbonyl (C=O) groups is 1. The summed E-state index contributed by atoms with van der Waals surface area (Å²) in [5.41, 5.74) is 5.51. The summed E-state index contributed by atoms with van der Waals surface area (Å²) in [6.07, 6.45) is 4.59. The molecule has 1 amide bonds. The first kappa shape index (κ1) is 15.1. The van der Waals surface area contributed by atoms with Gasteiger partial charge in [-0.15, -0.1) is 0 Å². The molecule has 0 radical (unpaired) electrons. The number of anilines is 1. The molecule has 0 bridgehead atoms. The van der Waals surface area contributed by atoms with E-state index in [0.717, 1.165) is 12.2 Å². The van der Waals surface area contributed by atoms with Crippen LogP contribution >= 0.6 is 23.4 Å². The third-order valence-corrected chi connectivity index (χ3v) is 3.76. The molecule has 0 aromatic carbocycles. The minimum Gasteiger partial charge on any atom is -0.366 e. The smallest absolute Gasteiger partial charge is 0.250 e. The van der Waals surface area contributed by atoms with Crippen LogP contribution in [0, 0.1) is 0 Å². The molecule has 6 heteroatoms. The topological polar surface area (TPSA) is 59.2 Å². The van der Waals surface area contributed by atoms with Crippen LogP contribution in [-0.2, 0) is 0 Å². The number of hydrogen-bond acceptors (Lipinski definition) is 4. The molecule has 0 spiro atoms. The minimum absolute atomic E-state index is 0.328. The quantitative estimate of drug-likeness (QED) is 0.873. The molecule has 0 aliphatic carbocycles. The summed E-state index contributed by atoms with van der Waals surface area (Å²) in [5, 5.41) is 0.449. The lowest BCUT2D eigenvalue weighted by Gasteiger charge is -2.26. The molecule has 1 rings (SSSR count). The van der Waals surface area contributed by atoms with Crippen LogP contribution in [0.15, 0.2) is 12.3 Å². The van der Waals surface area contributed by atoms with E-state index in [0.29, 0.717) is 22.4 Å². The van der Waals surface area contributed by atoms with Crippen LogP contribution in [0.1, 0.15) is 23.7 Å². The average Bonchev–Trinajstić information content (AvgIpc) is 2.34. The average molecular weight is 288 g/mol. The van der Waals surface area contributed by atoms with Crippen molar-refractivity contribution in [1.82, 2.24) is 4.98 Å². The van der Waals surface area contributed by atoms with Crippen molar-refractivity contribution < 1.29 is 4.79 Å². The number of aromatic nitrogens is 1. The van der Waals surface area contributed by atoms with Gasteiger partial charge in [0.05, 0.1) is 10.6 Å². The van der Waals surface area contributed by atoms with E-state index >= 15 is 0 Å². The second-order valence-electron chi connectivity index (χ2n) is 4.14. The standard InChI is InChI=1S/C12H18ClN3OS/c1-8(4-5-18-3)16(2)12-10(13)6-9(7-15-12)11(14)17/h6-8H,4-5H2,1-3H3,(H2,14,17). The maximum atomic E-state index is 11.0. The molecule has 0 saturated heterocycles. The second-order valence-corrected chi connectivity index (χ2v) is 5.53. The first-order valence-corrected chi connectivity index (χ1v) is 7.41. The van der Waals surface area contributed by atoms with Crippen LogP contribution in [0.3, 0.4) is 0 Å². The van der Waals surface area contributed by atoms with Crippen LogP contribution in [0.5, 0.6) is 0 Å². The molecule has 1 heterocycles. The Labute approximate surface area is 117 Å². The summed E-state index contributed by atoms with van der Waals surface area (Å²) in [6.45, 7) is 2.12. The van der Waals surface area contributed by atoms with Gasteiger partial charge in [0.2, 0.25) is 5.91 Å². The highest BCUT2D eigenvalue weighted by Crippen LogP contribution is 2.25. The summed E-state index contributed by atoms with van der Waals surface area (Å²) >= 11 is 7.94. The predicted octanol–water partition coefficient (Wildman–Crippen LogP) is 2.41. The Morgan fingerprint density at radius 3 is 2.83 bits per heavy atom. The molecule has 100 valence electrons. The number of hydrogen-bond donors (Lipinski definition) is 1. The molecule has 0 fully saturated rings. The third kappa shape index (κ3) is 3.78. The van der Waals surface area contributed by atoms with Crippen molar-refractivity contribution in [3.05, 3.63) is 22.8 Å². The molecule has 0 aliphatic heterocycles. The zero-order valence-corrected chi connectivity index (χ0v) is 12.4. The number of primary amides is 1. The van der Waals surface area contributed by atoms with Crippen molar-refractivity contribution in [3.63, 3.8) is 0 Å². The lowest BCUT2D eigenvalue weighted by Crippen LogP contribution is -2.30. The molecule has 4 nitrogen and oxygen atoms in total. The lowest BCUT2D eigenvalue weighted by atomic mass is 10.2. The van der Waals surface area contributed by atoms with E-state index in [9.17, 15) is 4.79 Å². The van der Waals surface area contributed by atoms with Crippen molar-refractivity contribution in [2.24, 2.45) is 5.73 Å². The Hall–Kier alpha value is -0.940. The zero-order chi connectivity index (χ0) is 13.7. The molecule has 2 N–H and O–H groups in total. The number of carbonyl (C=O) groups excluding carboxylic acids is 1. The number of thioether (sulfide) groups is 1. The summed E-state index contributed by atoms with van der Waals surface area (Å²) in [4.78, 5) is 17.2. The van der Waals surface area contributed by atoms with Gasteiger partial charge in [0.1, 0.15) is 5.82 Å². The van der Waals surface area contributed by atoms with Crippen LogP contribution in [0.25, 0.3) is 0 Å². The number of rotatable bonds is 6. The molecule has 18 heavy (non-hydrogen) atoms. The lowest BCUT2D eigenvalue weighted by molar-refractivity contribution is 0.1000. The molecule has 0 saturated carbocycles. The van der Waals surface area contributed by atoms with Gasteiger partial charge in [-0.05, 0) is 31.4 Å². The minimum atomic E-state index is -0.519. The number of halogens is 1. The van der Waals surface area contributed by atoms with Crippen molar-refractivity contribution in [2.45, 2.75) is 19.4 Å². The molecule has 1 atom stereocenters. The fraction of sp³-hybridized carbons (Fsp3) is 0.500. The van der Waals surface area contributed by atoms with Crippen LogP contribution < -0.4 is 10.6 Å². The Balaban J connectivity index is 2.86. The third-order valence-electron chi connectivity index (χ3n) is 2.84. The van der Waals surface area contributed by atoms with E-state index in [-0.39, 0.29) is 0 Å². The van der Waals surface area contributed by atoms with Crippen molar-refractivity contribution in [1.29, 1.82) is 0 Å². The van der Waals surface area contributed by atoms with Gasteiger partial charge < -0.3 is 10.6 Å². The maximum Gasteiger partial charge on any atom is 0.250 e. The maximum absolute atomic E-state index is 11.0. The van der Waals surface area contributed by atoms with Crippen molar-refractivity contribution >= 4 is 35.1 Å².